The van der Waals surface area contributed by atoms with E-state index >= 15 is 0 Å². The second-order valence-electron chi connectivity index (χ2n) is 8.95. The first-order valence-corrected chi connectivity index (χ1v) is 10.3. The molecule has 0 bridgehead atoms. The number of aliphatic hydroxyl groups is 2. The van der Waals surface area contributed by atoms with Gasteiger partial charge in [-0.15, -0.1) is 0 Å². The standard InChI is InChI=1S/C10H18O2.C10H17O.C4H10O2/c1-8(2)5-4-6-10(3)9(7-11)12-10;1-9(2)5-4-6-10(3)7-8-11;1-4(2,3)6-5/h5,9,11H,4,6-7H2,1-3H3;5,7,11H,1,4,6,8H2,2-3H3;5H,1-3H3/q;+1;/b;10-7+;/t9-,10-;;/m0../s1. The molecule has 1 aliphatic rings. The van der Waals surface area contributed by atoms with Crippen molar-refractivity contribution in [2.45, 2.75) is 98.4 Å². The van der Waals surface area contributed by atoms with Gasteiger partial charge in [-0.1, -0.05) is 23.3 Å². The zero-order valence-electron chi connectivity index (χ0n) is 19.9. The maximum atomic E-state index is 8.81. The summed E-state index contributed by atoms with van der Waals surface area (Å²) in [7, 11) is 0. The van der Waals surface area contributed by atoms with Gasteiger partial charge >= 0.3 is 0 Å². The average molecular weight is 414 g/mol. The van der Waals surface area contributed by atoms with E-state index in [2.05, 4.69) is 44.7 Å². The Morgan fingerprint density at radius 1 is 1.17 bits per heavy atom. The van der Waals surface area contributed by atoms with Gasteiger partial charge < -0.3 is 14.9 Å². The highest BCUT2D eigenvalue weighted by molar-refractivity contribution is 5.07. The summed E-state index contributed by atoms with van der Waals surface area (Å²) in [5.74, 6) is 0. The Hall–Kier alpha value is -1.11. The van der Waals surface area contributed by atoms with Crippen molar-refractivity contribution in [2.75, 3.05) is 13.2 Å². The Kier molecular flexibility index (Phi) is 16.3. The zero-order valence-corrected chi connectivity index (χ0v) is 19.9. The van der Waals surface area contributed by atoms with E-state index in [0.717, 1.165) is 31.3 Å². The molecular formula is C24H45O5+. The van der Waals surface area contributed by atoms with E-state index in [1.807, 2.05) is 19.9 Å². The average Bonchev–Trinajstić information content (AvgIpc) is 3.25. The maximum absolute atomic E-state index is 8.81. The first kappa shape index (κ1) is 30.1. The van der Waals surface area contributed by atoms with Crippen molar-refractivity contribution in [1.82, 2.24) is 0 Å². The van der Waals surface area contributed by atoms with E-state index in [1.54, 1.807) is 20.8 Å². The molecule has 0 aromatic rings. The topological polar surface area (TPSA) is 82.5 Å². The van der Waals surface area contributed by atoms with Crippen molar-refractivity contribution >= 4 is 0 Å². The molecular weight excluding hydrogens is 368 g/mol. The number of ether oxygens (including phenoxy) is 1. The number of aliphatic hydroxyl groups excluding tert-OH is 2. The van der Waals surface area contributed by atoms with E-state index in [-0.39, 0.29) is 24.9 Å². The highest BCUT2D eigenvalue weighted by atomic mass is 17.1. The van der Waals surface area contributed by atoms with Crippen LogP contribution in [0, 0.1) is 6.42 Å². The summed E-state index contributed by atoms with van der Waals surface area (Å²) < 4.78 is 5.36. The van der Waals surface area contributed by atoms with Crippen LogP contribution in [-0.2, 0) is 9.62 Å². The zero-order chi connectivity index (χ0) is 23.1. The molecule has 0 amide bonds. The van der Waals surface area contributed by atoms with Gasteiger partial charge in [-0.05, 0) is 74.7 Å². The summed E-state index contributed by atoms with van der Waals surface area (Å²) in [5, 5.41) is 25.3. The Bertz CT molecular complexity index is 498. The van der Waals surface area contributed by atoms with Crippen LogP contribution in [0.3, 0.4) is 0 Å². The number of rotatable bonds is 9. The first-order chi connectivity index (χ1) is 13.3. The molecule has 1 saturated heterocycles. The van der Waals surface area contributed by atoms with Gasteiger partial charge in [0.05, 0.1) is 30.0 Å². The molecule has 3 N–H and O–H groups in total. The van der Waals surface area contributed by atoms with E-state index in [9.17, 15) is 0 Å². The van der Waals surface area contributed by atoms with Gasteiger partial charge in [0.15, 0.2) is 0 Å². The van der Waals surface area contributed by atoms with Gasteiger partial charge in [-0.25, -0.2) is 4.89 Å². The van der Waals surface area contributed by atoms with Gasteiger partial charge in [0.2, 0.25) is 0 Å². The molecule has 1 rings (SSSR count). The van der Waals surface area contributed by atoms with Gasteiger partial charge in [0.1, 0.15) is 6.10 Å². The van der Waals surface area contributed by atoms with Crippen molar-refractivity contribution in [3.63, 3.8) is 0 Å². The van der Waals surface area contributed by atoms with E-state index < -0.39 is 5.60 Å². The van der Waals surface area contributed by atoms with E-state index in [1.165, 1.54) is 11.1 Å². The molecule has 5 heteroatoms. The van der Waals surface area contributed by atoms with E-state index in [4.69, 9.17) is 20.2 Å². The molecule has 170 valence electrons. The SMILES string of the molecule is C=C(C)[CH+]CC/C(C)=C/CO.CC(C)(C)OO.CC(C)=CCC[C@]1(C)O[C@H]1CO. The lowest BCUT2D eigenvalue weighted by molar-refractivity contribution is -0.306. The monoisotopic (exact) mass is 413 g/mol. The summed E-state index contributed by atoms with van der Waals surface area (Å²) in [4.78, 5) is 3.94. The second kappa shape index (κ2) is 15.7. The smallest absolute Gasteiger partial charge is 0.110 e. The highest BCUT2D eigenvalue weighted by Gasteiger charge is 2.50. The molecule has 1 aliphatic heterocycles. The van der Waals surface area contributed by atoms with Gasteiger partial charge in [-0.3, -0.25) is 5.26 Å². The van der Waals surface area contributed by atoms with Crippen LogP contribution in [0.2, 0.25) is 0 Å². The third-order valence-electron chi connectivity index (χ3n) is 4.14. The third-order valence-corrected chi connectivity index (χ3v) is 4.14. The maximum Gasteiger partial charge on any atom is 0.110 e. The Labute approximate surface area is 179 Å². The lowest BCUT2D eigenvalue weighted by Gasteiger charge is -2.10. The summed E-state index contributed by atoms with van der Waals surface area (Å²) in [5.41, 5.74) is 3.26. The summed E-state index contributed by atoms with van der Waals surface area (Å²) in [6.07, 6.45) is 10.4. The molecule has 0 unspecified atom stereocenters. The molecule has 2 atom stereocenters. The Morgan fingerprint density at radius 2 is 1.72 bits per heavy atom. The Balaban J connectivity index is 0. The minimum Gasteiger partial charge on any atom is -0.394 e. The van der Waals surface area contributed by atoms with Gasteiger partial charge in [0, 0.05) is 19.4 Å². The van der Waals surface area contributed by atoms with Crippen LogP contribution in [-0.4, -0.2) is 46.0 Å². The van der Waals surface area contributed by atoms with Crippen molar-refractivity contribution in [3.05, 3.63) is 41.9 Å². The first-order valence-electron chi connectivity index (χ1n) is 10.3. The fourth-order valence-corrected chi connectivity index (χ4v) is 2.19. The number of allylic oxidation sites excluding steroid dienone is 4. The van der Waals surface area contributed by atoms with Crippen LogP contribution >= 0.6 is 0 Å². The fraction of sp³-hybridized carbons (Fsp3) is 0.708. The summed E-state index contributed by atoms with van der Waals surface area (Å²) in [6.45, 7) is 19.7. The minimum atomic E-state index is -0.403. The molecule has 0 spiro atoms. The lowest BCUT2D eigenvalue weighted by Crippen LogP contribution is -2.15. The molecule has 0 radical (unpaired) electrons. The minimum absolute atomic E-state index is 0.0410. The van der Waals surface area contributed by atoms with Crippen molar-refractivity contribution in [1.29, 1.82) is 0 Å². The van der Waals surface area contributed by atoms with Crippen LogP contribution in [0.1, 0.15) is 81.1 Å². The van der Waals surface area contributed by atoms with Crippen LogP contribution in [0.25, 0.3) is 0 Å². The molecule has 5 nitrogen and oxygen atoms in total. The predicted octanol–water partition coefficient (Wildman–Crippen LogP) is 5.64. The van der Waals surface area contributed by atoms with Crippen molar-refractivity contribution in [2.24, 2.45) is 0 Å². The molecule has 0 aromatic heterocycles. The lowest BCUT2D eigenvalue weighted by atomic mass is 10.0. The molecule has 0 aromatic carbocycles. The molecule has 0 aliphatic carbocycles. The summed E-state index contributed by atoms with van der Waals surface area (Å²) in [6, 6.07) is 0. The van der Waals surface area contributed by atoms with Gasteiger partial charge in [0.25, 0.3) is 0 Å². The predicted molar refractivity (Wildman–Crippen MR) is 122 cm³/mol. The van der Waals surface area contributed by atoms with Crippen molar-refractivity contribution < 1.29 is 25.1 Å². The second-order valence-corrected chi connectivity index (χ2v) is 8.95. The fourth-order valence-electron chi connectivity index (χ4n) is 2.19. The van der Waals surface area contributed by atoms with Crippen LogP contribution in [0.4, 0.5) is 0 Å². The summed E-state index contributed by atoms with van der Waals surface area (Å²) >= 11 is 0. The van der Waals surface area contributed by atoms with Crippen LogP contribution in [0.15, 0.2) is 35.5 Å². The number of epoxide rings is 1. The number of hydrogen-bond acceptors (Lipinski definition) is 5. The van der Waals surface area contributed by atoms with Crippen LogP contribution in [0.5, 0.6) is 0 Å². The normalized spacial score (nSPS) is 20.5. The van der Waals surface area contributed by atoms with Gasteiger partial charge in [-0.2, -0.15) is 0 Å². The molecule has 29 heavy (non-hydrogen) atoms. The largest absolute Gasteiger partial charge is 0.394 e. The van der Waals surface area contributed by atoms with Crippen molar-refractivity contribution in [3.8, 4) is 0 Å². The Morgan fingerprint density at radius 3 is 2.07 bits per heavy atom. The quantitative estimate of drug-likeness (QED) is 0.150. The third kappa shape index (κ3) is 20.0. The van der Waals surface area contributed by atoms with Crippen LogP contribution < -0.4 is 0 Å². The number of hydrogen-bond donors (Lipinski definition) is 3. The highest BCUT2D eigenvalue weighted by Crippen LogP contribution is 2.39. The van der Waals surface area contributed by atoms with E-state index in [0.29, 0.717) is 0 Å². The molecule has 1 heterocycles. The molecule has 0 saturated carbocycles. The molecule has 1 fully saturated rings.